The smallest absolute Gasteiger partial charge is 0.197 e. The Kier molecular flexibility index (Phi) is 3.83. The van der Waals surface area contributed by atoms with E-state index in [0.29, 0.717) is 4.88 Å². The molecule has 3 nitrogen and oxygen atoms in total. The Labute approximate surface area is 112 Å². The molecule has 19 heavy (non-hydrogen) atoms. The van der Waals surface area contributed by atoms with Crippen LogP contribution in [-0.4, -0.2) is 11.6 Å². The van der Waals surface area contributed by atoms with E-state index in [4.69, 9.17) is 5.26 Å². The molecule has 1 unspecified atom stereocenters. The fourth-order valence-corrected chi connectivity index (χ4v) is 2.27. The van der Waals surface area contributed by atoms with Crippen LogP contribution in [0.3, 0.4) is 0 Å². The summed E-state index contributed by atoms with van der Waals surface area (Å²) in [6, 6.07) is 9.74. The molecule has 0 aliphatic rings. The third-order valence-electron chi connectivity index (χ3n) is 2.55. The normalized spacial score (nSPS) is 11.6. The number of carbonyl (C=O) groups is 2. The number of benzene rings is 1. The summed E-state index contributed by atoms with van der Waals surface area (Å²) in [4.78, 5) is 24.4. The van der Waals surface area contributed by atoms with E-state index >= 15 is 0 Å². The fraction of sp³-hybridized carbons (Fsp3) is 0.0714. The van der Waals surface area contributed by atoms with E-state index in [1.54, 1.807) is 23.6 Å². The van der Waals surface area contributed by atoms with Crippen LogP contribution in [0.2, 0.25) is 0 Å². The van der Waals surface area contributed by atoms with Crippen molar-refractivity contribution in [3.05, 3.63) is 58.0 Å². The third kappa shape index (κ3) is 2.75. The summed E-state index contributed by atoms with van der Waals surface area (Å²) in [6.07, 6.45) is 0. The molecular weight excluding hydrogens is 265 g/mol. The van der Waals surface area contributed by atoms with Gasteiger partial charge < -0.3 is 0 Å². The summed E-state index contributed by atoms with van der Waals surface area (Å²) >= 11 is 1.18. The molecule has 0 aliphatic carbocycles. The predicted molar refractivity (Wildman–Crippen MR) is 68.5 cm³/mol. The highest BCUT2D eigenvalue weighted by Crippen LogP contribution is 2.18. The summed E-state index contributed by atoms with van der Waals surface area (Å²) in [7, 11) is 0. The molecular formula is C14H8FNO2S. The van der Waals surface area contributed by atoms with Gasteiger partial charge in [0.15, 0.2) is 17.5 Å². The average Bonchev–Trinajstić information content (AvgIpc) is 2.94. The summed E-state index contributed by atoms with van der Waals surface area (Å²) in [6.45, 7) is 0. The predicted octanol–water partition coefficient (Wildman–Crippen LogP) is 3.09. The van der Waals surface area contributed by atoms with Gasteiger partial charge in [-0.15, -0.1) is 11.3 Å². The van der Waals surface area contributed by atoms with Crippen molar-refractivity contribution in [3.8, 4) is 6.07 Å². The molecule has 1 heterocycles. The molecule has 0 saturated heterocycles. The van der Waals surface area contributed by atoms with Gasteiger partial charge in [-0.1, -0.05) is 6.07 Å². The molecule has 1 aromatic heterocycles. The molecule has 0 spiro atoms. The van der Waals surface area contributed by atoms with E-state index in [2.05, 4.69) is 0 Å². The van der Waals surface area contributed by atoms with Crippen LogP contribution in [0.4, 0.5) is 4.39 Å². The SMILES string of the molecule is N#CC(C(=O)c1ccc(F)cc1)C(=O)c1cccs1. The van der Waals surface area contributed by atoms with Gasteiger partial charge in [-0.25, -0.2) is 4.39 Å². The molecule has 1 atom stereocenters. The van der Waals surface area contributed by atoms with Gasteiger partial charge in [0.1, 0.15) is 5.82 Å². The second kappa shape index (κ2) is 5.55. The van der Waals surface area contributed by atoms with E-state index in [1.165, 1.54) is 23.5 Å². The Morgan fingerprint density at radius 3 is 2.37 bits per heavy atom. The summed E-state index contributed by atoms with van der Waals surface area (Å²) in [5, 5.41) is 10.7. The topological polar surface area (TPSA) is 57.9 Å². The lowest BCUT2D eigenvalue weighted by atomic mass is 9.94. The highest BCUT2D eigenvalue weighted by molar-refractivity contribution is 7.12. The molecule has 94 valence electrons. The Bertz CT molecular complexity index is 641. The standard InChI is InChI=1S/C14H8FNO2S/c15-10-5-3-9(4-6-10)13(17)11(8-16)14(18)12-2-1-7-19-12/h1-7,11H. The molecule has 0 bridgehead atoms. The highest BCUT2D eigenvalue weighted by atomic mass is 32.1. The van der Waals surface area contributed by atoms with Gasteiger partial charge in [0.05, 0.1) is 10.9 Å². The number of carbonyl (C=O) groups excluding carboxylic acids is 2. The molecule has 0 saturated carbocycles. The number of nitrogens with zero attached hydrogens (tertiary/aromatic N) is 1. The van der Waals surface area contributed by atoms with Crippen LogP contribution in [0.25, 0.3) is 0 Å². The van der Waals surface area contributed by atoms with Gasteiger partial charge in [-0.05, 0) is 35.7 Å². The lowest BCUT2D eigenvalue weighted by Crippen LogP contribution is -2.22. The monoisotopic (exact) mass is 273 g/mol. The first-order chi connectivity index (χ1) is 9.13. The number of rotatable bonds is 4. The van der Waals surface area contributed by atoms with E-state index in [9.17, 15) is 14.0 Å². The minimum Gasteiger partial charge on any atom is -0.292 e. The Morgan fingerprint density at radius 2 is 1.84 bits per heavy atom. The molecule has 2 aromatic rings. The maximum atomic E-state index is 12.8. The number of nitriles is 1. The van der Waals surface area contributed by atoms with Crippen molar-refractivity contribution in [2.45, 2.75) is 0 Å². The van der Waals surface area contributed by atoms with Crippen LogP contribution in [0.1, 0.15) is 20.0 Å². The number of thiophene rings is 1. The number of hydrogen-bond donors (Lipinski definition) is 0. The van der Waals surface area contributed by atoms with Crippen molar-refractivity contribution >= 4 is 22.9 Å². The van der Waals surface area contributed by atoms with Crippen LogP contribution in [-0.2, 0) is 0 Å². The fourth-order valence-electron chi connectivity index (χ4n) is 1.58. The number of halogens is 1. The maximum Gasteiger partial charge on any atom is 0.197 e. The summed E-state index contributed by atoms with van der Waals surface area (Å²) in [5.74, 6) is -2.99. The number of hydrogen-bond acceptors (Lipinski definition) is 4. The van der Waals surface area contributed by atoms with E-state index < -0.39 is 23.3 Å². The van der Waals surface area contributed by atoms with Gasteiger partial charge in [0, 0.05) is 5.56 Å². The second-order valence-electron chi connectivity index (χ2n) is 3.77. The molecule has 1 aromatic carbocycles. The molecule has 0 radical (unpaired) electrons. The van der Waals surface area contributed by atoms with Gasteiger partial charge in [-0.3, -0.25) is 9.59 Å². The summed E-state index contributed by atoms with van der Waals surface area (Å²) in [5.41, 5.74) is 0.151. The first kappa shape index (κ1) is 13.1. The Hall–Kier alpha value is -2.32. The van der Waals surface area contributed by atoms with E-state index in [1.807, 2.05) is 0 Å². The van der Waals surface area contributed by atoms with Crippen molar-refractivity contribution in [2.24, 2.45) is 5.92 Å². The first-order valence-electron chi connectivity index (χ1n) is 5.40. The molecule has 0 amide bonds. The Balaban J connectivity index is 2.28. The van der Waals surface area contributed by atoms with Crippen LogP contribution in [0, 0.1) is 23.1 Å². The van der Waals surface area contributed by atoms with Crippen LogP contribution < -0.4 is 0 Å². The van der Waals surface area contributed by atoms with E-state index in [-0.39, 0.29) is 5.56 Å². The minimum absolute atomic E-state index is 0.151. The average molecular weight is 273 g/mol. The van der Waals surface area contributed by atoms with Crippen LogP contribution >= 0.6 is 11.3 Å². The molecule has 0 aliphatic heterocycles. The largest absolute Gasteiger partial charge is 0.292 e. The van der Waals surface area contributed by atoms with Crippen LogP contribution in [0.15, 0.2) is 41.8 Å². The van der Waals surface area contributed by atoms with Gasteiger partial charge in [0.2, 0.25) is 0 Å². The summed E-state index contributed by atoms with van der Waals surface area (Å²) < 4.78 is 12.8. The van der Waals surface area contributed by atoms with Crippen molar-refractivity contribution in [1.29, 1.82) is 5.26 Å². The first-order valence-corrected chi connectivity index (χ1v) is 6.28. The van der Waals surface area contributed by atoms with Gasteiger partial charge in [-0.2, -0.15) is 5.26 Å². The van der Waals surface area contributed by atoms with Crippen molar-refractivity contribution in [2.75, 3.05) is 0 Å². The molecule has 0 N–H and O–H groups in total. The zero-order valence-corrected chi connectivity index (χ0v) is 10.5. The molecule has 2 rings (SSSR count). The number of ketones is 2. The zero-order valence-electron chi connectivity index (χ0n) is 9.67. The molecule has 0 fully saturated rings. The van der Waals surface area contributed by atoms with Crippen molar-refractivity contribution < 1.29 is 14.0 Å². The van der Waals surface area contributed by atoms with Crippen molar-refractivity contribution in [1.82, 2.24) is 0 Å². The molecule has 5 heteroatoms. The van der Waals surface area contributed by atoms with Crippen molar-refractivity contribution in [3.63, 3.8) is 0 Å². The maximum absolute atomic E-state index is 12.8. The zero-order chi connectivity index (χ0) is 13.8. The van der Waals surface area contributed by atoms with E-state index in [0.717, 1.165) is 12.1 Å². The quantitative estimate of drug-likeness (QED) is 0.635. The van der Waals surface area contributed by atoms with Gasteiger partial charge >= 0.3 is 0 Å². The number of Topliss-reactive ketones (excluding diaryl/α,β-unsaturated/α-hetero) is 2. The Morgan fingerprint density at radius 1 is 1.16 bits per heavy atom. The highest BCUT2D eigenvalue weighted by Gasteiger charge is 2.28. The lowest BCUT2D eigenvalue weighted by molar-refractivity contribution is 0.0848. The van der Waals surface area contributed by atoms with Crippen LogP contribution in [0.5, 0.6) is 0 Å². The second-order valence-corrected chi connectivity index (χ2v) is 4.72. The lowest BCUT2D eigenvalue weighted by Gasteiger charge is -2.06. The third-order valence-corrected chi connectivity index (χ3v) is 3.43. The van der Waals surface area contributed by atoms with Gasteiger partial charge in [0.25, 0.3) is 0 Å². The minimum atomic E-state index is -1.39.